The number of hydrogen-bond acceptors (Lipinski definition) is 1. The normalized spacial score (nSPS) is 5.45. The van der Waals surface area contributed by atoms with Crippen LogP contribution in [0.1, 0.15) is 0 Å². The van der Waals surface area contributed by atoms with Gasteiger partial charge in [0.25, 0.3) is 0 Å². The fourth-order valence-electron chi connectivity index (χ4n) is 0.428. The Kier molecular flexibility index (Phi) is 29.8. The molecule has 0 aliphatic carbocycles. The molecule has 5 heteroatoms. The van der Waals surface area contributed by atoms with Gasteiger partial charge in [0.1, 0.15) is 5.75 Å². The quantitative estimate of drug-likeness (QED) is 0.277. The molecule has 0 fully saturated rings. The molecule has 0 bridgehead atoms. The summed E-state index contributed by atoms with van der Waals surface area (Å²) in [5.74, 6) is 0.322. The van der Waals surface area contributed by atoms with Crippen LogP contribution in [0.2, 0.25) is 0 Å². The number of para-hydroxylation sites is 1. The summed E-state index contributed by atoms with van der Waals surface area (Å²) in [7, 11) is 0. The van der Waals surface area contributed by atoms with Crippen LogP contribution >= 0.6 is 0 Å². The Hall–Kier alpha value is 1.74. The van der Waals surface area contributed by atoms with Crippen molar-refractivity contribution in [3.8, 4) is 5.75 Å². The van der Waals surface area contributed by atoms with Crippen molar-refractivity contribution in [3.63, 3.8) is 0 Å². The molecule has 0 amide bonds. The molecule has 0 aliphatic heterocycles. The smallest absolute Gasteiger partial charge is 1.00 e. The molecular formula is C6H6AlI3O. The molecule has 0 heterocycles. The fourth-order valence-corrected chi connectivity index (χ4v) is 0.428. The fraction of sp³-hybridized carbons (Fsp3) is 0. The van der Waals surface area contributed by atoms with E-state index in [2.05, 4.69) is 0 Å². The second-order valence-electron chi connectivity index (χ2n) is 1.34. The van der Waals surface area contributed by atoms with Crippen LogP contribution in [-0.4, -0.2) is 22.5 Å². The van der Waals surface area contributed by atoms with Gasteiger partial charge in [-0.2, -0.15) is 0 Å². The van der Waals surface area contributed by atoms with E-state index >= 15 is 0 Å². The van der Waals surface area contributed by atoms with Gasteiger partial charge in [-0.3, -0.25) is 0 Å². The van der Waals surface area contributed by atoms with Crippen LogP contribution in [0.4, 0.5) is 0 Å². The topological polar surface area (TPSA) is 20.2 Å². The third-order valence-electron chi connectivity index (χ3n) is 0.756. The molecule has 0 spiro atoms. The van der Waals surface area contributed by atoms with Gasteiger partial charge in [-0.05, 0) is 12.1 Å². The Morgan fingerprint density at radius 1 is 0.818 bits per heavy atom. The van der Waals surface area contributed by atoms with Gasteiger partial charge in [-0.1, -0.05) is 18.2 Å². The minimum atomic E-state index is 0. The van der Waals surface area contributed by atoms with Crippen molar-refractivity contribution in [2.24, 2.45) is 0 Å². The molecule has 11 heavy (non-hydrogen) atoms. The van der Waals surface area contributed by atoms with Gasteiger partial charge in [0.15, 0.2) is 0 Å². The van der Waals surface area contributed by atoms with Crippen molar-refractivity contribution in [1.29, 1.82) is 0 Å². The van der Waals surface area contributed by atoms with E-state index in [1.165, 1.54) is 0 Å². The molecule has 0 aliphatic rings. The molecule has 0 radical (unpaired) electrons. The van der Waals surface area contributed by atoms with Crippen molar-refractivity contribution in [2.75, 3.05) is 0 Å². The van der Waals surface area contributed by atoms with Crippen LogP contribution in [0.5, 0.6) is 5.75 Å². The van der Waals surface area contributed by atoms with Gasteiger partial charge in [-0.15, -0.1) is 0 Å². The van der Waals surface area contributed by atoms with E-state index in [4.69, 9.17) is 5.11 Å². The Labute approximate surface area is 129 Å². The number of phenols is 1. The third-order valence-corrected chi connectivity index (χ3v) is 0.756. The zero-order chi connectivity index (χ0) is 5.11. The first-order valence-corrected chi connectivity index (χ1v) is 2.13. The van der Waals surface area contributed by atoms with Crippen molar-refractivity contribution in [2.45, 2.75) is 0 Å². The van der Waals surface area contributed by atoms with Gasteiger partial charge in [0.2, 0.25) is 0 Å². The zero-order valence-corrected chi connectivity index (χ0v) is 13.2. The van der Waals surface area contributed by atoms with Crippen molar-refractivity contribution in [1.82, 2.24) is 0 Å². The first-order chi connectivity index (χ1) is 3.39. The summed E-state index contributed by atoms with van der Waals surface area (Å²) in [6.45, 7) is 0. The number of benzene rings is 1. The number of rotatable bonds is 0. The van der Waals surface area contributed by atoms with E-state index in [1.807, 2.05) is 6.07 Å². The van der Waals surface area contributed by atoms with Crippen molar-refractivity contribution < 1.29 is 77.0 Å². The predicted octanol–water partition coefficient (Wildman–Crippen LogP) is -7.98. The molecule has 1 nitrogen and oxygen atoms in total. The Morgan fingerprint density at radius 3 is 1.36 bits per heavy atom. The van der Waals surface area contributed by atoms with Crippen molar-refractivity contribution in [3.05, 3.63) is 30.3 Å². The number of halogens is 3. The summed E-state index contributed by atoms with van der Waals surface area (Å²) in [5, 5.41) is 8.63. The molecule has 1 aromatic carbocycles. The van der Waals surface area contributed by atoms with E-state index in [-0.39, 0.29) is 89.3 Å². The average Bonchev–Trinajstić information content (AvgIpc) is 1.69. The molecule has 1 aromatic rings. The summed E-state index contributed by atoms with van der Waals surface area (Å²) in [4.78, 5) is 0. The second-order valence-corrected chi connectivity index (χ2v) is 1.34. The molecule has 0 saturated carbocycles. The number of hydrogen-bond donors (Lipinski definition) is 1. The van der Waals surface area contributed by atoms with E-state index in [0.717, 1.165) is 0 Å². The van der Waals surface area contributed by atoms with Gasteiger partial charge in [0.05, 0.1) is 0 Å². The molecule has 60 valence electrons. The van der Waals surface area contributed by atoms with Crippen LogP contribution < -0.4 is 71.9 Å². The van der Waals surface area contributed by atoms with Crippen LogP contribution in [-0.2, 0) is 0 Å². The predicted molar refractivity (Wildman–Crippen MR) is 33.9 cm³/mol. The van der Waals surface area contributed by atoms with E-state index in [9.17, 15) is 0 Å². The third kappa shape index (κ3) is 11.7. The van der Waals surface area contributed by atoms with Gasteiger partial charge < -0.3 is 77.0 Å². The van der Waals surface area contributed by atoms with E-state index in [1.54, 1.807) is 24.3 Å². The summed E-state index contributed by atoms with van der Waals surface area (Å²) in [6.07, 6.45) is 0. The Bertz CT molecular complexity index is 148. The molecule has 0 atom stereocenters. The summed E-state index contributed by atoms with van der Waals surface area (Å²) < 4.78 is 0. The summed E-state index contributed by atoms with van der Waals surface area (Å²) in [5.41, 5.74) is 0. The van der Waals surface area contributed by atoms with Gasteiger partial charge in [0, 0.05) is 0 Å². The molecule has 0 saturated heterocycles. The maximum Gasteiger partial charge on any atom is 3.00 e. The average molecular weight is 502 g/mol. The van der Waals surface area contributed by atoms with Gasteiger partial charge >= 0.3 is 17.4 Å². The molecule has 1 rings (SSSR count). The van der Waals surface area contributed by atoms with Crippen molar-refractivity contribution >= 4 is 17.4 Å². The maximum absolute atomic E-state index is 8.63. The minimum absolute atomic E-state index is 0. The molecular weight excluding hydrogens is 496 g/mol. The summed E-state index contributed by atoms with van der Waals surface area (Å²) >= 11 is 0. The molecule has 0 aromatic heterocycles. The summed E-state index contributed by atoms with van der Waals surface area (Å²) in [6, 6.07) is 8.71. The molecule has 0 unspecified atom stereocenters. The second kappa shape index (κ2) is 14.3. The minimum Gasteiger partial charge on any atom is -1.00 e. The first-order valence-electron chi connectivity index (χ1n) is 2.13. The Morgan fingerprint density at radius 2 is 1.18 bits per heavy atom. The zero-order valence-electron chi connectivity index (χ0n) is 5.55. The first kappa shape index (κ1) is 23.0. The number of aromatic hydroxyl groups is 1. The van der Waals surface area contributed by atoms with Crippen LogP contribution in [0, 0.1) is 0 Å². The van der Waals surface area contributed by atoms with Crippen LogP contribution in [0.3, 0.4) is 0 Å². The van der Waals surface area contributed by atoms with E-state index < -0.39 is 0 Å². The monoisotopic (exact) mass is 502 g/mol. The number of phenolic OH excluding ortho intramolecular Hbond substituents is 1. The maximum atomic E-state index is 8.63. The SMILES string of the molecule is Oc1ccccc1.[Al+3].[I-].[I-].[I-]. The molecule has 1 N–H and O–H groups in total. The van der Waals surface area contributed by atoms with E-state index in [0.29, 0.717) is 5.75 Å². The van der Waals surface area contributed by atoms with Crippen LogP contribution in [0.25, 0.3) is 0 Å². The van der Waals surface area contributed by atoms with Crippen LogP contribution in [0.15, 0.2) is 30.3 Å². The standard InChI is InChI=1S/C6H6O.Al.3HI/c7-6-4-2-1-3-5-6;;;;/h1-5,7H;;3*1H/q;+3;;;/p-3. The largest absolute Gasteiger partial charge is 3.00 e. The van der Waals surface area contributed by atoms with Gasteiger partial charge in [-0.25, -0.2) is 0 Å². The Balaban J connectivity index is -0.0000000612.